The zero-order chi connectivity index (χ0) is 22.7. The highest BCUT2D eigenvalue weighted by Gasteiger charge is 2.34. The van der Waals surface area contributed by atoms with Crippen molar-refractivity contribution in [2.45, 2.75) is 52.2 Å². The van der Waals surface area contributed by atoms with Crippen LogP contribution in [0.4, 0.5) is 0 Å². The van der Waals surface area contributed by atoms with Gasteiger partial charge in [0.25, 0.3) is 5.91 Å². The van der Waals surface area contributed by atoms with Gasteiger partial charge in [0, 0.05) is 31.5 Å². The summed E-state index contributed by atoms with van der Waals surface area (Å²) >= 11 is 0. The van der Waals surface area contributed by atoms with E-state index in [1.807, 2.05) is 32.0 Å². The van der Waals surface area contributed by atoms with E-state index < -0.39 is 23.9 Å². The van der Waals surface area contributed by atoms with Crippen molar-refractivity contribution in [1.29, 1.82) is 0 Å². The van der Waals surface area contributed by atoms with Crippen molar-refractivity contribution >= 4 is 17.8 Å². The molecule has 1 aliphatic rings. The molecule has 1 amide bonds. The van der Waals surface area contributed by atoms with Crippen LogP contribution in [0.5, 0.6) is 11.5 Å². The zero-order valence-electron chi connectivity index (χ0n) is 18.2. The van der Waals surface area contributed by atoms with Crippen molar-refractivity contribution in [3.63, 3.8) is 0 Å². The van der Waals surface area contributed by atoms with Gasteiger partial charge in [-0.25, -0.2) is 9.78 Å². The Bertz CT molecular complexity index is 1020. The fourth-order valence-corrected chi connectivity index (χ4v) is 3.86. The summed E-state index contributed by atoms with van der Waals surface area (Å²) in [5.41, 5.74) is 3.40. The van der Waals surface area contributed by atoms with Gasteiger partial charge in [-0.2, -0.15) is 0 Å². The van der Waals surface area contributed by atoms with Gasteiger partial charge in [-0.1, -0.05) is 25.1 Å². The van der Waals surface area contributed by atoms with E-state index in [-0.39, 0.29) is 29.2 Å². The number of carbonyl (C=O) groups is 3. The highest BCUT2D eigenvalue weighted by atomic mass is 16.6. The number of benzene rings is 1. The van der Waals surface area contributed by atoms with Crippen LogP contribution in [0.1, 0.15) is 53.9 Å². The summed E-state index contributed by atoms with van der Waals surface area (Å²) < 4.78 is 16.0. The third-order valence-electron chi connectivity index (χ3n) is 5.37. The molecule has 0 spiro atoms. The predicted molar refractivity (Wildman–Crippen MR) is 112 cm³/mol. The van der Waals surface area contributed by atoms with E-state index in [0.717, 1.165) is 0 Å². The molecule has 1 heterocycles. The number of aryl methyl sites for hydroxylation is 1. The van der Waals surface area contributed by atoms with Gasteiger partial charge in [-0.3, -0.25) is 9.59 Å². The molecule has 0 bridgehead atoms. The molecule has 1 aliphatic carbocycles. The summed E-state index contributed by atoms with van der Waals surface area (Å²) in [6.07, 6.45) is 1.69. The molecule has 0 fully saturated rings. The molecule has 1 N–H and O–H groups in total. The molecule has 2 aromatic rings. The van der Waals surface area contributed by atoms with Crippen LogP contribution in [0.2, 0.25) is 0 Å². The number of methoxy groups -OCH3 is 1. The topological polar surface area (TPSA) is 104 Å². The molecular weight excluding hydrogens is 400 g/mol. The van der Waals surface area contributed by atoms with Gasteiger partial charge < -0.3 is 19.5 Å². The molecule has 0 unspecified atom stereocenters. The van der Waals surface area contributed by atoms with Gasteiger partial charge in [-0.15, -0.1) is 0 Å². The largest absolute Gasteiger partial charge is 0.493 e. The molecule has 0 saturated heterocycles. The number of aromatic nitrogens is 1. The maximum atomic E-state index is 12.7. The van der Waals surface area contributed by atoms with Crippen LogP contribution in [0.25, 0.3) is 0 Å². The fourth-order valence-electron chi connectivity index (χ4n) is 3.86. The van der Waals surface area contributed by atoms with E-state index in [4.69, 9.17) is 14.2 Å². The number of esters is 2. The van der Waals surface area contributed by atoms with Crippen LogP contribution >= 0.6 is 0 Å². The van der Waals surface area contributed by atoms with Gasteiger partial charge in [0.1, 0.15) is 12.1 Å². The van der Waals surface area contributed by atoms with Crippen LogP contribution in [-0.2, 0) is 20.7 Å². The summed E-state index contributed by atoms with van der Waals surface area (Å²) in [6, 6.07) is 6.62. The number of hydrogen-bond donors (Lipinski definition) is 1. The Labute approximate surface area is 180 Å². The first-order valence-electron chi connectivity index (χ1n) is 10.0. The van der Waals surface area contributed by atoms with Gasteiger partial charge in [0.2, 0.25) is 5.75 Å². The lowest BCUT2D eigenvalue weighted by molar-refractivity contribution is -0.151. The molecule has 1 aromatic heterocycles. The minimum atomic E-state index is -0.928. The first-order valence-corrected chi connectivity index (χ1v) is 10.0. The van der Waals surface area contributed by atoms with E-state index in [0.29, 0.717) is 6.42 Å². The van der Waals surface area contributed by atoms with E-state index >= 15 is 0 Å². The van der Waals surface area contributed by atoms with E-state index in [9.17, 15) is 14.4 Å². The van der Waals surface area contributed by atoms with Gasteiger partial charge in [-0.05, 0) is 30.5 Å². The van der Waals surface area contributed by atoms with Crippen molar-refractivity contribution in [1.82, 2.24) is 10.3 Å². The van der Waals surface area contributed by atoms with Crippen LogP contribution in [0, 0.1) is 6.92 Å². The number of ether oxygens (including phenoxy) is 3. The zero-order valence-corrected chi connectivity index (χ0v) is 18.2. The van der Waals surface area contributed by atoms with E-state index in [1.165, 1.54) is 49.9 Å². The van der Waals surface area contributed by atoms with Crippen LogP contribution in [0.15, 0.2) is 30.5 Å². The molecule has 31 heavy (non-hydrogen) atoms. The second-order valence-corrected chi connectivity index (χ2v) is 7.60. The molecule has 8 heteroatoms. The Hall–Kier alpha value is -3.42. The van der Waals surface area contributed by atoms with Crippen molar-refractivity contribution in [3.8, 4) is 11.5 Å². The second-order valence-electron chi connectivity index (χ2n) is 7.60. The lowest BCUT2D eigenvalue weighted by Gasteiger charge is -2.21. The van der Waals surface area contributed by atoms with Gasteiger partial charge in [0.15, 0.2) is 11.4 Å². The lowest BCUT2D eigenvalue weighted by atomic mass is 9.97. The minimum absolute atomic E-state index is 0.0682. The van der Waals surface area contributed by atoms with Gasteiger partial charge >= 0.3 is 11.9 Å². The standard InChI is InChI=1S/C23H26N2O6/c1-12-7-6-8-16-11-18(13(2)19(12)16)31-23(28)14(3)25-22(27)20-21(30-15(4)26)17(29-5)9-10-24-20/h6-10,13-14,18H,11H2,1-5H3,(H,25,27)/t13-,14+,18+/m1/s1. The Morgan fingerprint density at radius 1 is 1.23 bits per heavy atom. The molecule has 8 nitrogen and oxygen atoms in total. The maximum absolute atomic E-state index is 12.7. The average molecular weight is 426 g/mol. The molecule has 0 radical (unpaired) electrons. The Morgan fingerprint density at radius 3 is 2.61 bits per heavy atom. The van der Waals surface area contributed by atoms with Crippen molar-refractivity contribution in [3.05, 3.63) is 52.8 Å². The first-order chi connectivity index (χ1) is 14.7. The number of amides is 1. The number of hydrogen-bond acceptors (Lipinski definition) is 7. The van der Waals surface area contributed by atoms with Gasteiger partial charge in [0.05, 0.1) is 7.11 Å². The second kappa shape index (κ2) is 9.16. The average Bonchev–Trinajstić information content (AvgIpc) is 3.04. The predicted octanol–water partition coefficient (Wildman–Crippen LogP) is 2.71. The maximum Gasteiger partial charge on any atom is 0.328 e. The molecule has 164 valence electrons. The number of fused-ring (bicyclic) bond motifs is 1. The Balaban J connectivity index is 1.69. The van der Waals surface area contributed by atoms with E-state index in [1.54, 1.807) is 0 Å². The highest BCUT2D eigenvalue weighted by molar-refractivity contribution is 5.98. The molecule has 3 rings (SSSR count). The Morgan fingerprint density at radius 2 is 1.97 bits per heavy atom. The SMILES string of the molecule is COc1ccnc(C(=O)N[C@@H](C)C(=O)O[C@H]2Cc3cccc(C)c3[C@@H]2C)c1OC(C)=O. The summed E-state index contributed by atoms with van der Waals surface area (Å²) in [7, 11) is 1.38. The fraction of sp³-hybridized carbons (Fsp3) is 0.391. The quantitative estimate of drug-likeness (QED) is 0.708. The lowest BCUT2D eigenvalue weighted by Crippen LogP contribution is -2.41. The third kappa shape index (κ3) is 4.68. The van der Waals surface area contributed by atoms with Crippen molar-refractivity contribution in [2.75, 3.05) is 7.11 Å². The molecule has 1 aromatic carbocycles. The van der Waals surface area contributed by atoms with Crippen LogP contribution in [0.3, 0.4) is 0 Å². The third-order valence-corrected chi connectivity index (χ3v) is 5.37. The monoisotopic (exact) mass is 426 g/mol. The van der Waals surface area contributed by atoms with E-state index in [2.05, 4.69) is 10.3 Å². The molecule has 0 saturated carbocycles. The minimum Gasteiger partial charge on any atom is -0.493 e. The summed E-state index contributed by atoms with van der Waals surface area (Å²) in [4.78, 5) is 40.8. The van der Waals surface area contributed by atoms with Crippen LogP contribution in [-0.4, -0.2) is 42.1 Å². The number of rotatable bonds is 6. The number of nitrogens with one attached hydrogen (secondary N) is 1. The van der Waals surface area contributed by atoms with Crippen LogP contribution < -0.4 is 14.8 Å². The molecular formula is C23H26N2O6. The summed E-state index contributed by atoms with van der Waals surface area (Å²) in [6.45, 7) is 6.82. The smallest absolute Gasteiger partial charge is 0.328 e. The van der Waals surface area contributed by atoms with Crippen molar-refractivity contribution < 1.29 is 28.6 Å². The molecule has 3 atom stereocenters. The highest BCUT2D eigenvalue weighted by Crippen LogP contribution is 2.37. The van der Waals surface area contributed by atoms with Crippen molar-refractivity contribution in [2.24, 2.45) is 0 Å². The summed E-state index contributed by atoms with van der Waals surface area (Å²) in [5, 5.41) is 2.56. The Kier molecular flexibility index (Phi) is 6.58. The normalized spacial score (nSPS) is 18.0. The molecule has 0 aliphatic heterocycles. The first kappa shape index (κ1) is 22.3. The summed E-state index contributed by atoms with van der Waals surface area (Å²) in [5.74, 6) is -1.72. The number of carbonyl (C=O) groups excluding carboxylic acids is 3. The number of nitrogens with zero attached hydrogens (tertiary/aromatic N) is 1. The number of pyridine rings is 1.